The highest BCUT2D eigenvalue weighted by atomic mass is 32.1. The lowest BCUT2D eigenvalue weighted by atomic mass is 10.1. The molecule has 6 nitrogen and oxygen atoms in total. The predicted molar refractivity (Wildman–Crippen MR) is 67.7 cm³/mol. The molecule has 1 unspecified atom stereocenters. The van der Waals surface area contributed by atoms with Crippen LogP contribution in [0.25, 0.3) is 0 Å². The molecule has 3 amide bonds. The Kier molecular flexibility index (Phi) is 3.06. The van der Waals surface area contributed by atoms with Crippen LogP contribution < -0.4 is 10.6 Å². The molecule has 19 heavy (non-hydrogen) atoms. The number of aromatic nitrogens is 1. The summed E-state index contributed by atoms with van der Waals surface area (Å²) < 4.78 is 0. The van der Waals surface area contributed by atoms with E-state index in [2.05, 4.69) is 15.6 Å². The molecule has 2 heterocycles. The number of piperidine rings is 1. The zero-order chi connectivity index (χ0) is 13.4. The van der Waals surface area contributed by atoms with Gasteiger partial charge in [0.15, 0.2) is 0 Å². The van der Waals surface area contributed by atoms with Crippen LogP contribution in [0.1, 0.15) is 47.0 Å². The van der Waals surface area contributed by atoms with E-state index in [0.717, 1.165) is 17.7 Å². The van der Waals surface area contributed by atoms with E-state index >= 15 is 0 Å². The Hall–Kier alpha value is -1.76. The van der Waals surface area contributed by atoms with E-state index in [1.807, 2.05) is 0 Å². The van der Waals surface area contributed by atoms with Crippen molar-refractivity contribution in [3.05, 3.63) is 16.1 Å². The monoisotopic (exact) mass is 279 g/mol. The van der Waals surface area contributed by atoms with Gasteiger partial charge in [-0.25, -0.2) is 4.98 Å². The van der Waals surface area contributed by atoms with Gasteiger partial charge in [-0.1, -0.05) is 0 Å². The van der Waals surface area contributed by atoms with E-state index in [9.17, 15) is 14.4 Å². The van der Waals surface area contributed by atoms with Crippen molar-refractivity contribution in [2.45, 2.75) is 37.6 Å². The summed E-state index contributed by atoms with van der Waals surface area (Å²) in [6.07, 6.45) is 2.80. The Labute approximate surface area is 113 Å². The molecule has 0 spiro atoms. The maximum Gasteiger partial charge on any atom is 0.271 e. The molecule has 2 aliphatic rings. The minimum atomic E-state index is -0.640. The van der Waals surface area contributed by atoms with Crippen molar-refractivity contribution in [2.24, 2.45) is 0 Å². The summed E-state index contributed by atoms with van der Waals surface area (Å²) in [5, 5.41) is 4.87. The number of hydrogen-bond acceptors (Lipinski definition) is 5. The quantitative estimate of drug-likeness (QED) is 0.791. The van der Waals surface area contributed by atoms with Crippen LogP contribution in [0, 0.1) is 0 Å². The molecule has 0 aromatic carbocycles. The van der Waals surface area contributed by atoms with Crippen LogP contribution in [0.15, 0.2) is 5.51 Å². The normalized spacial score (nSPS) is 23.1. The van der Waals surface area contributed by atoms with Crippen LogP contribution >= 0.6 is 11.3 Å². The number of hydrogen-bond donors (Lipinski definition) is 2. The second-order valence-electron chi connectivity index (χ2n) is 4.82. The van der Waals surface area contributed by atoms with Crippen molar-refractivity contribution in [2.75, 3.05) is 0 Å². The van der Waals surface area contributed by atoms with Crippen LogP contribution in [0.3, 0.4) is 0 Å². The van der Waals surface area contributed by atoms with E-state index in [-0.39, 0.29) is 18.2 Å². The number of imide groups is 1. The third-order valence-corrected chi connectivity index (χ3v) is 4.29. The summed E-state index contributed by atoms with van der Waals surface area (Å²) in [6, 6.07) is -0.640. The minimum absolute atomic E-state index is 0.253. The topological polar surface area (TPSA) is 88.2 Å². The number of amides is 3. The Morgan fingerprint density at radius 2 is 2.16 bits per heavy atom. The molecular weight excluding hydrogens is 266 g/mol. The molecule has 3 rings (SSSR count). The lowest BCUT2D eigenvalue weighted by Crippen LogP contribution is -2.52. The number of nitrogens with zero attached hydrogens (tertiary/aromatic N) is 1. The van der Waals surface area contributed by atoms with E-state index in [1.54, 1.807) is 5.51 Å². The highest BCUT2D eigenvalue weighted by molar-refractivity contribution is 7.10. The van der Waals surface area contributed by atoms with Crippen LogP contribution in [0.2, 0.25) is 0 Å². The van der Waals surface area contributed by atoms with E-state index in [1.165, 1.54) is 11.3 Å². The van der Waals surface area contributed by atoms with Crippen molar-refractivity contribution >= 4 is 29.1 Å². The van der Waals surface area contributed by atoms with Crippen molar-refractivity contribution in [3.8, 4) is 0 Å². The Balaban J connectivity index is 1.69. The molecule has 100 valence electrons. The fraction of sp³-hybridized carbons (Fsp3) is 0.500. The summed E-state index contributed by atoms with van der Waals surface area (Å²) in [5.74, 6) is -0.594. The van der Waals surface area contributed by atoms with Crippen molar-refractivity contribution in [3.63, 3.8) is 0 Å². The van der Waals surface area contributed by atoms with Crippen molar-refractivity contribution < 1.29 is 14.4 Å². The Morgan fingerprint density at radius 1 is 1.37 bits per heavy atom. The number of carbonyl (C=O) groups is 3. The van der Waals surface area contributed by atoms with Crippen LogP contribution in [0.5, 0.6) is 0 Å². The van der Waals surface area contributed by atoms with Gasteiger partial charge >= 0.3 is 0 Å². The molecule has 2 N–H and O–H groups in total. The first kappa shape index (κ1) is 12.3. The molecule has 2 fully saturated rings. The number of nitrogens with one attached hydrogen (secondary N) is 2. The van der Waals surface area contributed by atoms with Crippen LogP contribution in [-0.2, 0) is 9.59 Å². The smallest absolute Gasteiger partial charge is 0.271 e. The zero-order valence-electron chi connectivity index (χ0n) is 10.1. The van der Waals surface area contributed by atoms with Gasteiger partial charge in [-0.3, -0.25) is 19.7 Å². The lowest BCUT2D eigenvalue weighted by molar-refractivity contribution is -0.134. The van der Waals surface area contributed by atoms with Gasteiger partial charge in [0.25, 0.3) is 5.91 Å². The van der Waals surface area contributed by atoms with Gasteiger partial charge in [-0.15, -0.1) is 11.3 Å². The number of rotatable bonds is 3. The first-order valence-electron chi connectivity index (χ1n) is 6.23. The molecular formula is C12H13N3O3S. The fourth-order valence-electron chi connectivity index (χ4n) is 2.12. The summed E-state index contributed by atoms with van der Waals surface area (Å²) in [7, 11) is 0. The molecule has 0 radical (unpaired) electrons. The zero-order valence-corrected chi connectivity index (χ0v) is 11.0. The summed E-state index contributed by atoms with van der Waals surface area (Å²) >= 11 is 1.49. The standard InChI is InChI=1S/C12H13N3O3S/c16-8-4-3-7(11(17)15-8)14-12(18)9-10(6-1-2-6)19-5-13-9/h5-7H,1-4H2,(H,14,18)(H,15,16,17). The van der Waals surface area contributed by atoms with E-state index in [0.29, 0.717) is 18.0 Å². The van der Waals surface area contributed by atoms with Crippen LogP contribution in [0.4, 0.5) is 0 Å². The van der Waals surface area contributed by atoms with Crippen molar-refractivity contribution in [1.29, 1.82) is 0 Å². The van der Waals surface area contributed by atoms with E-state index in [4.69, 9.17) is 0 Å². The molecule has 1 aliphatic heterocycles. The van der Waals surface area contributed by atoms with Gasteiger partial charge in [0.05, 0.1) is 5.51 Å². The first-order valence-corrected chi connectivity index (χ1v) is 7.11. The number of thiazole rings is 1. The predicted octanol–water partition coefficient (Wildman–Crippen LogP) is 0.556. The molecule has 7 heteroatoms. The van der Waals surface area contributed by atoms with Crippen molar-refractivity contribution in [1.82, 2.24) is 15.6 Å². The summed E-state index contributed by atoms with van der Waals surface area (Å²) in [6.45, 7) is 0. The maximum absolute atomic E-state index is 12.1. The first-order chi connectivity index (χ1) is 9.15. The highest BCUT2D eigenvalue weighted by Gasteiger charge is 2.33. The maximum atomic E-state index is 12.1. The van der Waals surface area contributed by atoms with Gasteiger partial charge in [-0.05, 0) is 25.2 Å². The van der Waals surface area contributed by atoms with Crippen LogP contribution in [-0.4, -0.2) is 28.7 Å². The summed E-state index contributed by atoms with van der Waals surface area (Å²) in [5.41, 5.74) is 2.09. The second-order valence-corrected chi connectivity index (χ2v) is 5.70. The molecule has 1 atom stereocenters. The summed E-state index contributed by atoms with van der Waals surface area (Å²) in [4.78, 5) is 39.8. The Morgan fingerprint density at radius 3 is 2.84 bits per heavy atom. The average molecular weight is 279 g/mol. The average Bonchev–Trinajstić information content (AvgIpc) is 3.10. The molecule has 1 aliphatic carbocycles. The SMILES string of the molecule is O=C1CCC(NC(=O)c2ncsc2C2CC2)C(=O)N1. The van der Waals surface area contributed by atoms with Gasteiger partial charge in [0, 0.05) is 11.3 Å². The Bertz CT molecular complexity index is 550. The second kappa shape index (κ2) is 4.73. The molecule has 1 saturated heterocycles. The van der Waals surface area contributed by atoms with Gasteiger partial charge in [0.2, 0.25) is 11.8 Å². The highest BCUT2D eigenvalue weighted by Crippen LogP contribution is 2.43. The van der Waals surface area contributed by atoms with Gasteiger partial charge in [-0.2, -0.15) is 0 Å². The molecule has 1 aromatic rings. The third kappa shape index (κ3) is 2.51. The van der Waals surface area contributed by atoms with E-state index < -0.39 is 11.9 Å². The number of carbonyl (C=O) groups excluding carboxylic acids is 3. The van der Waals surface area contributed by atoms with Gasteiger partial charge in [0.1, 0.15) is 11.7 Å². The molecule has 0 bridgehead atoms. The van der Waals surface area contributed by atoms with Gasteiger partial charge < -0.3 is 5.32 Å². The fourth-order valence-corrected chi connectivity index (χ4v) is 3.08. The molecule has 1 aromatic heterocycles. The largest absolute Gasteiger partial charge is 0.339 e. The minimum Gasteiger partial charge on any atom is -0.339 e. The lowest BCUT2D eigenvalue weighted by Gasteiger charge is -2.21. The molecule has 1 saturated carbocycles. The third-order valence-electron chi connectivity index (χ3n) is 3.30.